The van der Waals surface area contributed by atoms with Gasteiger partial charge in [-0.15, -0.1) is 0 Å². The molecular weight excluding hydrogens is 258 g/mol. The average molecular weight is 277 g/mol. The number of rotatable bonds is 5. The Morgan fingerprint density at radius 3 is 2.65 bits per heavy atom. The smallest absolute Gasteiger partial charge is 0.248 e. The summed E-state index contributed by atoms with van der Waals surface area (Å²) in [6, 6.07) is 6.52. The number of benzene rings is 1. The molecule has 1 aromatic rings. The first-order valence-corrected chi connectivity index (χ1v) is 6.53. The first-order valence-electron chi connectivity index (χ1n) is 6.53. The molecule has 1 saturated heterocycles. The van der Waals surface area contributed by atoms with E-state index in [1.807, 2.05) is 0 Å². The maximum Gasteiger partial charge on any atom is 0.248 e. The molecule has 108 valence electrons. The maximum atomic E-state index is 11.9. The molecular formula is C14H19N3O3. The second-order valence-corrected chi connectivity index (χ2v) is 4.87. The van der Waals surface area contributed by atoms with E-state index in [0.29, 0.717) is 17.8 Å². The van der Waals surface area contributed by atoms with Crippen molar-refractivity contribution in [3.8, 4) is 0 Å². The Hall–Kier alpha value is -1.92. The molecule has 1 fully saturated rings. The minimum absolute atomic E-state index is 0.0754. The summed E-state index contributed by atoms with van der Waals surface area (Å²) >= 11 is 0. The molecule has 0 bridgehead atoms. The van der Waals surface area contributed by atoms with Gasteiger partial charge in [-0.1, -0.05) is 0 Å². The molecule has 1 aliphatic rings. The van der Waals surface area contributed by atoms with Crippen LogP contribution in [0.15, 0.2) is 24.3 Å². The lowest BCUT2D eigenvalue weighted by Crippen LogP contribution is -2.32. The highest BCUT2D eigenvalue weighted by atomic mass is 16.5. The van der Waals surface area contributed by atoms with Gasteiger partial charge in [0.25, 0.3) is 0 Å². The van der Waals surface area contributed by atoms with E-state index in [0.717, 1.165) is 19.5 Å². The van der Waals surface area contributed by atoms with Crippen LogP contribution in [0.1, 0.15) is 16.8 Å². The van der Waals surface area contributed by atoms with Crippen LogP contribution < -0.4 is 11.1 Å². The van der Waals surface area contributed by atoms with Crippen molar-refractivity contribution in [1.29, 1.82) is 0 Å². The summed E-state index contributed by atoms with van der Waals surface area (Å²) < 4.78 is 5.26. The van der Waals surface area contributed by atoms with Crippen LogP contribution >= 0.6 is 0 Å². The van der Waals surface area contributed by atoms with Crippen LogP contribution in [-0.4, -0.2) is 49.6 Å². The molecule has 6 nitrogen and oxygen atoms in total. The summed E-state index contributed by atoms with van der Waals surface area (Å²) in [6.07, 6.45) is 1.18. The third-order valence-corrected chi connectivity index (χ3v) is 3.38. The number of likely N-dealkylation sites (tertiary alicyclic amines) is 1. The lowest BCUT2D eigenvalue weighted by molar-refractivity contribution is -0.117. The monoisotopic (exact) mass is 277 g/mol. The highest BCUT2D eigenvalue weighted by molar-refractivity contribution is 5.95. The fourth-order valence-electron chi connectivity index (χ4n) is 2.25. The van der Waals surface area contributed by atoms with Gasteiger partial charge in [0.05, 0.1) is 12.6 Å². The first kappa shape index (κ1) is 14.5. The van der Waals surface area contributed by atoms with Crippen molar-refractivity contribution in [2.75, 3.05) is 32.1 Å². The number of nitrogens with one attached hydrogen (secondary N) is 1. The van der Waals surface area contributed by atoms with Gasteiger partial charge in [-0.25, -0.2) is 0 Å². The van der Waals surface area contributed by atoms with E-state index in [1.54, 1.807) is 31.4 Å². The summed E-state index contributed by atoms with van der Waals surface area (Å²) in [4.78, 5) is 24.9. The summed E-state index contributed by atoms with van der Waals surface area (Å²) in [5.74, 6) is -0.556. The summed E-state index contributed by atoms with van der Waals surface area (Å²) in [5.41, 5.74) is 6.23. The van der Waals surface area contributed by atoms with Crippen LogP contribution in [-0.2, 0) is 9.53 Å². The van der Waals surface area contributed by atoms with Crippen LogP contribution in [0.2, 0.25) is 0 Å². The number of amides is 2. The first-order chi connectivity index (χ1) is 9.58. The molecule has 1 atom stereocenters. The normalized spacial score (nSPS) is 18.9. The quantitative estimate of drug-likeness (QED) is 0.818. The number of nitrogens with two attached hydrogens (primary N) is 1. The minimum atomic E-state index is -0.481. The zero-order valence-electron chi connectivity index (χ0n) is 11.5. The van der Waals surface area contributed by atoms with E-state index in [2.05, 4.69) is 10.2 Å². The largest absolute Gasteiger partial charge is 0.380 e. The fourth-order valence-corrected chi connectivity index (χ4v) is 2.25. The molecule has 0 spiro atoms. The van der Waals surface area contributed by atoms with Gasteiger partial charge in [0.2, 0.25) is 11.8 Å². The van der Waals surface area contributed by atoms with Crippen molar-refractivity contribution < 1.29 is 14.3 Å². The van der Waals surface area contributed by atoms with Crippen molar-refractivity contribution in [2.24, 2.45) is 5.73 Å². The van der Waals surface area contributed by atoms with Crippen molar-refractivity contribution in [1.82, 2.24) is 4.90 Å². The van der Waals surface area contributed by atoms with Gasteiger partial charge >= 0.3 is 0 Å². The van der Waals surface area contributed by atoms with Crippen molar-refractivity contribution in [3.63, 3.8) is 0 Å². The molecule has 0 saturated carbocycles. The molecule has 1 heterocycles. The molecule has 0 aliphatic carbocycles. The molecule has 0 radical (unpaired) electrons. The van der Waals surface area contributed by atoms with E-state index in [9.17, 15) is 9.59 Å². The van der Waals surface area contributed by atoms with Gasteiger partial charge in [0, 0.05) is 31.5 Å². The van der Waals surface area contributed by atoms with E-state index in [-0.39, 0.29) is 12.0 Å². The van der Waals surface area contributed by atoms with Gasteiger partial charge in [-0.05, 0) is 30.7 Å². The molecule has 1 aromatic carbocycles. The molecule has 2 amide bonds. The molecule has 20 heavy (non-hydrogen) atoms. The van der Waals surface area contributed by atoms with Gasteiger partial charge in [0.1, 0.15) is 0 Å². The Labute approximate surface area is 117 Å². The molecule has 3 N–H and O–H groups in total. The second kappa shape index (κ2) is 6.49. The highest BCUT2D eigenvalue weighted by Gasteiger charge is 2.23. The van der Waals surface area contributed by atoms with E-state index < -0.39 is 5.91 Å². The Balaban J connectivity index is 1.84. The third kappa shape index (κ3) is 3.79. The number of carbonyl (C=O) groups excluding carboxylic acids is 2. The van der Waals surface area contributed by atoms with Gasteiger partial charge in [-0.3, -0.25) is 14.5 Å². The lowest BCUT2D eigenvalue weighted by atomic mass is 10.2. The third-order valence-electron chi connectivity index (χ3n) is 3.38. The standard InChI is InChI=1S/C14H19N3O3/c1-20-12-6-7-17(8-12)9-13(18)16-11-4-2-10(3-5-11)14(15)19/h2-5,12H,6-9H2,1H3,(H2,15,19)(H,16,18). The summed E-state index contributed by atoms with van der Waals surface area (Å²) in [5, 5.41) is 2.79. The lowest BCUT2D eigenvalue weighted by Gasteiger charge is -2.15. The molecule has 6 heteroatoms. The van der Waals surface area contributed by atoms with Crippen LogP contribution in [0.3, 0.4) is 0 Å². The Morgan fingerprint density at radius 1 is 1.40 bits per heavy atom. The van der Waals surface area contributed by atoms with Gasteiger partial charge in [0.15, 0.2) is 0 Å². The van der Waals surface area contributed by atoms with Crippen LogP contribution in [0, 0.1) is 0 Å². The number of nitrogens with zero attached hydrogens (tertiary/aromatic N) is 1. The average Bonchev–Trinajstić information content (AvgIpc) is 2.86. The number of hydrogen-bond acceptors (Lipinski definition) is 4. The number of hydrogen-bond donors (Lipinski definition) is 2. The zero-order valence-corrected chi connectivity index (χ0v) is 11.5. The topological polar surface area (TPSA) is 84.7 Å². The fraction of sp³-hybridized carbons (Fsp3) is 0.429. The van der Waals surface area contributed by atoms with Crippen LogP contribution in [0.5, 0.6) is 0 Å². The van der Waals surface area contributed by atoms with Gasteiger partial charge in [-0.2, -0.15) is 0 Å². The summed E-state index contributed by atoms with van der Waals surface area (Å²) in [6.45, 7) is 1.99. The number of carbonyl (C=O) groups is 2. The zero-order chi connectivity index (χ0) is 14.5. The SMILES string of the molecule is COC1CCN(CC(=O)Nc2ccc(C(N)=O)cc2)C1. The van der Waals surface area contributed by atoms with Gasteiger partial charge < -0.3 is 15.8 Å². The number of ether oxygens (including phenoxy) is 1. The summed E-state index contributed by atoms with van der Waals surface area (Å²) in [7, 11) is 1.69. The van der Waals surface area contributed by atoms with E-state index in [4.69, 9.17) is 10.5 Å². The van der Waals surface area contributed by atoms with E-state index in [1.165, 1.54) is 0 Å². The van der Waals surface area contributed by atoms with Crippen LogP contribution in [0.4, 0.5) is 5.69 Å². The predicted octanol–water partition coefficient (Wildman–Crippen LogP) is 0.445. The van der Waals surface area contributed by atoms with Crippen molar-refractivity contribution in [2.45, 2.75) is 12.5 Å². The number of methoxy groups -OCH3 is 1. The Morgan fingerprint density at radius 2 is 2.10 bits per heavy atom. The van der Waals surface area contributed by atoms with Crippen molar-refractivity contribution >= 4 is 17.5 Å². The number of anilines is 1. The van der Waals surface area contributed by atoms with Crippen LogP contribution in [0.25, 0.3) is 0 Å². The second-order valence-electron chi connectivity index (χ2n) is 4.87. The Bertz CT molecular complexity index is 487. The predicted molar refractivity (Wildman–Crippen MR) is 75.4 cm³/mol. The Kier molecular flexibility index (Phi) is 4.70. The number of primary amides is 1. The highest BCUT2D eigenvalue weighted by Crippen LogP contribution is 2.12. The maximum absolute atomic E-state index is 11.9. The molecule has 2 rings (SSSR count). The molecule has 1 unspecified atom stereocenters. The minimum Gasteiger partial charge on any atom is -0.380 e. The molecule has 0 aromatic heterocycles. The molecule has 1 aliphatic heterocycles. The van der Waals surface area contributed by atoms with E-state index >= 15 is 0 Å². The van der Waals surface area contributed by atoms with Crippen molar-refractivity contribution in [3.05, 3.63) is 29.8 Å².